The van der Waals surface area contributed by atoms with Gasteiger partial charge in [-0.15, -0.1) is 0 Å². The lowest BCUT2D eigenvalue weighted by Gasteiger charge is -2.11. The van der Waals surface area contributed by atoms with E-state index in [1.165, 1.54) is 0 Å². The molecule has 0 saturated heterocycles. The van der Waals surface area contributed by atoms with Crippen molar-refractivity contribution in [3.63, 3.8) is 0 Å². The molecule has 14 heavy (non-hydrogen) atoms. The van der Waals surface area contributed by atoms with E-state index < -0.39 is 0 Å². The van der Waals surface area contributed by atoms with Crippen LogP contribution in [0.2, 0.25) is 0 Å². The third kappa shape index (κ3) is 3.30. The van der Waals surface area contributed by atoms with E-state index in [0.717, 1.165) is 17.9 Å². The molecule has 0 spiro atoms. The van der Waals surface area contributed by atoms with Gasteiger partial charge in [-0.25, -0.2) is 9.97 Å². The molecule has 0 amide bonds. The first kappa shape index (κ1) is 10.9. The quantitative estimate of drug-likeness (QED) is 0.791. The van der Waals surface area contributed by atoms with Gasteiger partial charge in [0.15, 0.2) is 0 Å². The highest BCUT2D eigenvalue weighted by atomic mass is 16.5. The van der Waals surface area contributed by atoms with Crippen LogP contribution in [0.25, 0.3) is 0 Å². The molecule has 4 heteroatoms. The van der Waals surface area contributed by atoms with E-state index in [2.05, 4.69) is 15.3 Å². The lowest BCUT2D eigenvalue weighted by molar-refractivity contribution is 0.128. The van der Waals surface area contributed by atoms with Crippen LogP contribution >= 0.6 is 0 Å². The minimum atomic E-state index is 0.166. The molecular formula is C10H17N3O. The zero-order chi connectivity index (χ0) is 10.6. The van der Waals surface area contributed by atoms with Gasteiger partial charge >= 0.3 is 0 Å². The Morgan fingerprint density at radius 1 is 1.36 bits per heavy atom. The number of hydrogen-bond acceptors (Lipinski definition) is 4. The second-order valence-corrected chi connectivity index (χ2v) is 3.40. The molecule has 4 nitrogen and oxygen atoms in total. The van der Waals surface area contributed by atoms with Gasteiger partial charge in [-0.1, -0.05) is 0 Å². The molecule has 1 atom stereocenters. The summed E-state index contributed by atoms with van der Waals surface area (Å²) < 4.78 is 5.11. The highest BCUT2D eigenvalue weighted by molar-refractivity contribution is 5.27. The first-order valence-corrected chi connectivity index (χ1v) is 4.70. The standard InChI is InChI=1S/C10H17N3O/c1-7-5-8(2)13-10(12-7)11-6-9(3)14-4/h5,9H,6H2,1-4H3,(H,11,12,13). The summed E-state index contributed by atoms with van der Waals surface area (Å²) >= 11 is 0. The number of ether oxygens (including phenoxy) is 1. The lowest BCUT2D eigenvalue weighted by Crippen LogP contribution is -2.19. The molecule has 0 aliphatic carbocycles. The molecule has 78 valence electrons. The number of hydrogen-bond donors (Lipinski definition) is 1. The summed E-state index contributed by atoms with van der Waals surface area (Å²) in [6.07, 6.45) is 0.166. The molecular weight excluding hydrogens is 178 g/mol. The first-order valence-electron chi connectivity index (χ1n) is 4.70. The van der Waals surface area contributed by atoms with Crippen molar-refractivity contribution in [2.24, 2.45) is 0 Å². The van der Waals surface area contributed by atoms with E-state index in [4.69, 9.17) is 4.74 Å². The Kier molecular flexibility index (Phi) is 3.83. The van der Waals surface area contributed by atoms with Gasteiger partial charge in [0, 0.05) is 25.0 Å². The van der Waals surface area contributed by atoms with Crippen molar-refractivity contribution >= 4 is 5.95 Å². The van der Waals surface area contributed by atoms with Gasteiger partial charge in [0.25, 0.3) is 0 Å². The third-order valence-corrected chi connectivity index (χ3v) is 1.93. The fourth-order valence-corrected chi connectivity index (χ4v) is 1.12. The van der Waals surface area contributed by atoms with Crippen molar-refractivity contribution in [3.05, 3.63) is 17.5 Å². The number of nitrogens with one attached hydrogen (secondary N) is 1. The minimum absolute atomic E-state index is 0.166. The van der Waals surface area contributed by atoms with Gasteiger partial charge in [0.05, 0.1) is 6.10 Å². The first-order chi connectivity index (χ1) is 6.61. The lowest BCUT2D eigenvalue weighted by atomic mass is 10.3. The maximum Gasteiger partial charge on any atom is 0.223 e. The fraction of sp³-hybridized carbons (Fsp3) is 0.600. The molecule has 0 radical (unpaired) electrons. The summed E-state index contributed by atoms with van der Waals surface area (Å²) in [5.41, 5.74) is 1.95. The van der Waals surface area contributed by atoms with Crippen LogP contribution < -0.4 is 5.32 Å². The van der Waals surface area contributed by atoms with Gasteiger partial charge < -0.3 is 10.1 Å². The highest BCUT2D eigenvalue weighted by Gasteiger charge is 2.01. The van der Waals surface area contributed by atoms with Gasteiger partial charge in [-0.05, 0) is 26.8 Å². The molecule has 1 aromatic heterocycles. The van der Waals surface area contributed by atoms with E-state index in [1.807, 2.05) is 26.8 Å². The Hall–Kier alpha value is -1.16. The van der Waals surface area contributed by atoms with Crippen LogP contribution in [-0.4, -0.2) is 29.7 Å². The van der Waals surface area contributed by atoms with Gasteiger partial charge in [-0.3, -0.25) is 0 Å². The number of nitrogens with zero attached hydrogens (tertiary/aromatic N) is 2. The summed E-state index contributed by atoms with van der Waals surface area (Å²) in [5, 5.41) is 3.13. The van der Waals surface area contributed by atoms with E-state index in [0.29, 0.717) is 5.95 Å². The zero-order valence-corrected chi connectivity index (χ0v) is 9.16. The average molecular weight is 195 g/mol. The maximum absolute atomic E-state index is 5.11. The predicted molar refractivity (Wildman–Crippen MR) is 56.5 cm³/mol. The van der Waals surface area contributed by atoms with Gasteiger partial charge in [0.2, 0.25) is 5.95 Å². The summed E-state index contributed by atoms with van der Waals surface area (Å²) in [5.74, 6) is 0.673. The Balaban J connectivity index is 2.58. The number of aryl methyl sites for hydroxylation is 2. The second kappa shape index (κ2) is 4.91. The molecule has 0 aliphatic rings. The third-order valence-electron chi connectivity index (χ3n) is 1.93. The van der Waals surface area contributed by atoms with Crippen LogP contribution in [0, 0.1) is 13.8 Å². The molecule has 0 bridgehead atoms. The predicted octanol–water partition coefficient (Wildman–Crippen LogP) is 1.54. The topological polar surface area (TPSA) is 47.0 Å². The van der Waals surface area contributed by atoms with Crippen LogP contribution in [0.3, 0.4) is 0 Å². The van der Waals surface area contributed by atoms with Crippen molar-refractivity contribution < 1.29 is 4.74 Å². The SMILES string of the molecule is COC(C)CNc1nc(C)cc(C)n1. The molecule has 0 aromatic carbocycles. The van der Waals surface area contributed by atoms with E-state index >= 15 is 0 Å². The zero-order valence-electron chi connectivity index (χ0n) is 9.16. The molecule has 0 aliphatic heterocycles. The number of rotatable bonds is 4. The van der Waals surface area contributed by atoms with Crippen molar-refractivity contribution in [2.75, 3.05) is 19.0 Å². The summed E-state index contributed by atoms with van der Waals surface area (Å²) in [6.45, 7) is 6.63. The summed E-state index contributed by atoms with van der Waals surface area (Å²) in [6, 6.07) is 1.95. The van der Waals surface area contributed by atoms with E-state index in [9.17, 15) is 0 Å². The number of aromatic nitrogens is 2. The van der Waals surface area contributed by atoms with Crippen LogP contribution in [0.1, 0.15) is 18.3 Å². The van der Waals surface area contributed by atoms with Crippen molar-refractivity contribution in [2.45, 2.75) is 26.9 Å². The highest BCUT2D eigenvalue weighted by Crippen LogP contribution is 2.03. The largest absolute Gasteiger partial charge is 0.380 e. The Bertz CT molecular complexity index is 281. The Morgan fingerprint density at radius 2 is 1.93 bits per heavy atom. The molecule has 1 N–H and O–H groups in total. The minimum Gasteiger partial charge on any atom is -0.380 e. The molecule has 0 fully saturated rings. The monoisotopic (exact) mass is 195 g/mol. The molecule has 1 rings (SSSR count). The molecule has 1 unspecified atom stereocenters. The molecule has 1 heterocycles. The van der Waals surface area contributed by atoms with Gasteiger partial charge in [0.1, 0.15) is 0 Å². The Morgan fingerprint density at radius 3 is 2.43 bits per heavy atom. The average Bonchev–Trinajstić information content (AvgIpc) is 2.12. The molecule has 1 aromatic rings. The smallest absolute Gasteiger partial charge is 0.223 e. The van der Waals surface area contributed by atoms with Crippen LogP contribution in [-0.2, 0) is 4.74 Å². The van der Waals surface area contributed by atoms with Crippen LogP contribution in [0.15, 0.2) is 6.07 Å². The normalized spacial score (nSPS) is 12.6. The number of anilines is 1. The van der Waals surface area contributed by atoms with E-state index in [-0.39, 0.29) is 6.10 Å². The maximum atomic E-state index is 5.11. The fourth-order valence-electron chi connectivity index (χ4n) is 1.12. The van der Waals surface area contributed by atoms with Crippen molar-refractivity contribution in [3.8, 4) is 0 Å². The molecule has 0 saturated carbocycles. The summed E-state index contributed by atoms with van der Waals surface area (Å²) in [7, 11) is 1.69. The van der Waals surface area contributed by atoms with E-state index in [1.54, 1.807) is 7.11 Å². The van der Waals surface area contributed by atoms with Gasteiger partial charge in [-0.2, -0.15) is 0 Å². The van der Waals surface area contributed by atoms with Crippen LogP contribution in [0.5, 0.6) is 0 Å². The van der Waals surface area contributed by atoms with Crippen molar-refractivity contribution in [1.29, 1.82) is 0 Å². The van der Waals surface area contributed by atoms with Crippen molar-refractivity contribution in [1.82, 2.24) is 9.97 Å². The summed E-state index contributed by atoms with van der Waals surface area (Å²) in [4.78, 5) is 8.52. The van der Waals surface area contributed by atoms with Crippen LogP contribution in [0.4, 0.5) is 5.95 Å². The number of methoxy groups -OCH3 is 1. The second-order valence-electron chi connectivity index (χ2n) is 3.40. The Labute approximate surface area is 84.7 Å².